The number of halogens is 1. The molecule has 1 aliphatic heterocycles. The molecular weight excluding hydrogens is 453 g/mol. The fourth-order valence-electron chi connectivity index (χ4n) is 3.54. The Kier molecular flexibility index (Phi) is 8.63. The number of anilines is 2. The fourth-order valence-corrected chi connectivity index (χ4v) is 3.54. The first-order chi connectivity index (χ1) is 16.7. The van der Waals surface area contributed by atoms with Gasteiger partial charge in [-0.3, -0.25) is 15.2 Å². The van der Waals surface area contributed by atoms with Crippen molar-refractivity contribution in [1.82, 2.24) is 9.80 Å². The maximum atomic E-state index is 14.4. The van der Waals surface area contributed by atoms with Crippen LogP contribution in [0, 0.1) is 11.2 Å². The lowest BCUT2D eigenvalue weighted by molar-refractivity contribution is 0.0664. The fraction of sp³-hybridized carbons (Fsp3) is 0.333. The van der Waals surface area contributed by atoms with Crippen LogP contribution < -0.4 is 27.1 Å². The number of piperazine rings is 1. The molecule has 3 rings (SSSR count). The minimum Gasteiger partial charge on any atom is -0.488 e. The number of nitrogen functional groups attached to an aromatic ring is 1. The lowest BCUT2D eigenvalue weighted by atomic mass is 10.1. The number of hydrogen-bond donors (Lipinski definition) is 4. The number of carbonyl (C=O) groups excluding carboxylic acids is 1. The van der Waals surface area contributed by atoms with Crippen molar-refractivity contribution in [1.29, 1.82) is 5.41 Å². The molecule has 1 heterocycles. The Morgan fingerprint density at radius 1 is 1.17 bits per heavy atom. The molecule has 7 N–H and O–H groups in total. The van der Waals surface area contributed by atoms with E-state index in [1.54, 1.807) is 24.3 Å². The van der Waals surface area contributed by atoms with Gasteiger partial charge in [0.1, 0.15) is 6.61 Å². The third-order valence-corrected chi connectivity index (χ3v) is 5.69. The van der Waals surface area contributed by atoms with Gasteiger partial charge in [0.05, 0.1) is 23.7 Å². The Bertz CT molecular complexity index is 1080. The van der Waals surface area contributed by atoms with Crippen LogP contribution in [-0.2, 0) is 4.74 Å². The highest BCUT2D eigenvalue weighted by molar-refractivity contribution is 6.13. The number of nitrogens with one attached hydrogen (secondary N) is 1. The Labute approximate surface area is 204 Å². The van der Waals surface area contributed by atoms with Crippen LogP contribution in [0.1, 0.15) is 15.9 Å². The van der Waals surface area contributed by atoms with Gasteiger partial charge in [0.15, 0.2) is 11.6 Å². The molecule has 188 valence electrons. The zero-order valence-corrected chi connectivity index (χ0v) is 20.0. The summed E-state index contributed by atoms with van der Waals surface area (Å²) < 4.78 is 24.6. The van der Waals surface area contributed by atoms with Crippen molar-refractivity contribution in [3.63, 3.8) is 0 Å². The highest BCUT2D eigenvalue weighted by Crippen LogP contribution is 2.26. The number of allylic oxidation sites excluding steroid dienone is 1. The molecule has 10 nitrogen and oxygen atoms in total. The number of hydrogen-bond acceptors (Lipinski definition) is 9. The van der Waals surface area contributed by atoms with E-state index in [4.69, 9.17) is 32.2 Å². The molecule has 1 fully saturated rings. The monoisotopic (exact) mass is 485 g/mol. The zero-order valence-electron chi connectivity index (χ0n) is 20.0. The first-order valence-corrected chi connectivity index (χ1v) is 11.1. The SMILES string of the molecule is COCCOc1cc(N)c(C(=N)/C(N)=C/N(N)c2ccc(C(=O)N3CCN(C)CC3)cc2)cc1F. The average Bonchev–Trinajstić information content (AvgIpc) is 2.85. The molecular formula is C24H32FN7O3. The summed E-state index contributed by atoms with van der Waals surface area (Å²) in [5, 5.41) is 9.57. The van der Waals surface area contributed by atoms with Crippen LogP contribution in [0.3, 0.4) is 0 Å². The van der Waals surface area contributed by atoms with Crippen LogP contribution in [0.15, 0.2) is 48.3 Å². The first-order valence-electron chi connectivity index (χ1n) is 11.1. The smallest absolute Gasteiger partial charge is 0.253 e. The van der Waals surface area contributed by atoms with Crippen molar-refractivity contribution >= 4 is 23.0 Å². The summed E-state index contributed by atoms with van der Waals surface area (Å²) in [6.45, 7) is 3.51. The second-order valence-electron chi connectivity index (χ2n) is 8.22. The van der Waals surface area contributed by atoms with E-state index in [0.717, 1.165) is 19.2 Å². The molecule has 0 atom stereocenters. The number of likely N-dealkylation sites (N-methyl/N-ethyl adjacent to an activating group) is 1. The van der Waals surface area contributed by atoms with Crippen LogP contribution >= 0.6 is 0 Å². The molecule has 1 saturated heterocycles. The van der Waals surface area contributed by atoms with E-state index in [0.29, 0.717) is 30.9 Å². The molecule has 0 saturated carbocycles. The van der Waals surface area contributed by atoms with E-state index in [-0.39, 0.29) is 40.9 Å². The topological polar surface area (TPSA) is 147 Å². The summed E-state index contributed by atoms with van der Waals surface area (Å²) in [6.07, 6.45) is 1.33. The molecule has 0 radical (unpaired) electrons. The molecule has 0 bridgehead atoms. The van der Waals surface area contributed by atoms with Gasteiger partial charge in [-0.25, -0.2) is 10.2 Å². The molecule has 0 unspecified atom stereocenters. The van der Waals surface area contributed by atoms with Gasteiger partial charge in [0.25, 0.3) is 5.91 Å². The molecule has 11 heteroatoms. The maximum absolute atomic E-state index is 14.4. The van der Waals surface area contributed by atoms with Crippen molar-refractivity contribution in [3.05, 3.63) is 65.2 Å². The summed E-state index contributed by atoms with van der Waals surface area (Å²) in [5.74, 6) is 5.36. The van der Waals surface area contributed by atoms with Gasteiger partial charge < -0.3 is 30.7 Å². The van der Waals surface area contributed by atoms with E-state index in [2.05, 4.69) is 4.90 Å². The van der Waals surface area contributed by atoms with Crippen LogP contribution in [0.25, 0.3) is 0 Å². The summed E-state index contributed by atoms with van der Waals surface area (Å²) in [5.41, 5.74) is 13.2. The number of nitrogens with zero attached hydrogens (tertiary/aromatic N) is 3. The number of hydrazine groups is 1. The van der Waals surface area contributed by atoms with Gasteiger partial charge in [-0.1, -0.05) is 0 Å². The largest absolute Gasteiger partial charge is 0.488 e. The number of ether oxygens (including phenoxy) is 2. The Morgan fingerprint density at radius 3 is 2.46 bits per heavy atom. The van der Waals surface area contributed by atoms with Crippen molar-refractivity contribution in [2.75, 3.05) is 64.3 Å². The van der Waals surface area contributed by atoms with Gasteiger partial charge in [-0.05, 0) is 37.4 Å². The van der Waals surface area contributed by atoms with Crippen LogP contribution in [0.4, 0.5) is 15.8 Å². The summed E-state index contributed by atoms with van der Waals surface area (Å²) in [6, 6.07) is 9.17. The summed E-state index contributed by atoms with van der Waals surface area (Å²) in [7, 11) is 3.54. The average molecular weight is 486 g/mol. The van der Waals surface area contributed by atoms with E-state index in [1.165, 1.54) is 24.4 Å². The van der Waals surface area contributed by atoms with E-state index < -0.39 is 5.82 Å². The minimum absolute atomic E-state index is 0.0239. The van der Waals surface area contributed by atoms with Gasteiger partial charge in [0, 0.05) is 62.4 Å². The lowest BCUT2D eigenvalue weighted by Gasteiger charge is -2.32. The lowest BCUT2D eigenvalue weighted by Crippen LogP contribution is -2.47. The molecule has 0 aliphatic carbocycles. The molecule has 0 spiro atoms. The molecule has 0 aromatic heterocycles. The van der Waals surface area contributed by atoms with Gasteiger partial charge in [-0.2, -0.15) is 0 Å². The molecule has 2 aromatic rings. The number of nitrogens with two attached hydrogens (primary N) is 3. The van der Waals surface area contributed by atoms with Crippen molar-refractivity contribution in [3.8, 4) is 5.75 Å². The van der Waals surface area contributed by atoms with Crippen LogP contribution in [0.5, 0.6) is 5.75 Å². The zero-order chi connectivity index (χ0) is 25.5. The Balaban J connectivity index is 1.68. The molecule has 1 aliphatic rings. The predicted octanol–water partition coefficient (Wildman–Crippen LogP) is 1.37. The van der Waals surface area contributed by atoms with Crippen molar-refractivity contribution in [2.24, 2.45) is 11.6 Å². The number of benzene rings is 2. The standard InChI is InChI=1S/C24H32FN7O3/c1-30-7-9-31(10-8-30)24(33)16-3-5-17(6-4-16)32(29)15-21(27)23(28)18-13-19(25)22(14-20(18)26)35-12-11-34-2/h3-6,13-15,28H,7-12,26-27,29H2,1-2H3/b21-15-,28-23?. The van der Waals surface area contributed by atoms with Crippen LogP contribution in [0.2, 0.25) is 0 Å². The van der Waals surface area contributed by atoms with Gasteiger partial charge in [0.2, 0.25) is 0 Å². The first kappa shape index (κ1) is 25.9. The predicted molar refractivity (Wildman–Crippen MR) is 134 cm³/mol. The minimum atomic E-state index is -0.673. The Hall–Kier alpha value is -3.67. The van der Waals surface area contributed by atoms with Crippen molar-refractivity contribution in [2.45, 2.75) is 0 Å². The third kappa shape index (κ3) is 6.47. The van der Waals surface area contributed by atoms with Crippen LogP contribution in [-0.4, -0.2) is 75.0 Å². The van der Waals surface area contributed by atoms with E-state index >= 15 is 0 Å². The number of carbonyl (C=O) groups is 1. The van der Waals surface area contributed by atoms with Gasteiger partial charge >= 0.3 is 0 Å². The second kappa shape index (κ2) is 11.6. The third-order valence-electron chi connectivity index (χ3n) is 5.69. The normalized spacial score (nSPS) is 14.6. The number of amides is 1. The van der Waals surface area contributed by atoms with E-state index in [1.807, 2.05) is 11.9 Å². The van der Waals surface area contributed by atoms with Gasteiger partial charge in [-0.15, -0.1) is 0 Å². The van der Waals surface area contributed by atoms with E-state index in [9.17, 15) is 9.18 Å². The quantitative estimate of drug-likeness (QED) is 0.137. The highest BCUT2D eigenvalue weighted by atomic mass is 19.1. The number of rotatable bonds is 9. The summed E-state index contributed by atoms with van der Waals surface area (Å²) in [4.78, 5) is 16.7. The Morgan fingerprint density at radius 2 is 1.83 bits per heavy atom. The highest BCUT2D eigenvalue weighted by Gasteiger charge is 2.20. The second-order valence-corrected chi connectivity index (χ2v) is 8.22. The molecule has 1 amide bonds. The summed E-state index contributed by atoms with van der Waals surface area (Å²) >= 11 is 0. The molecule has 2 aromatic carbocycles. The number of methoxy groups -OCH3 is 1. The van der Waals surface area contributed by atoms with Crippen molar-refractivity contribution < 1.29 is 18.7 Å². The maximum Gasteiger partial charge on any atom is 0.253 e. The molecule has 35 heavy (non-hydrogen) atoms.